The van der Waals surface area contributed by atoms with Crippen molar-refractivity contribution in [1.29, 1.82) is 5.41 Å². The van der Waals surface area contributed by atoms with E-state index in [0.29, 0.717) is 0 Å². The first-order chi connectivity index (χ1) is 11.9. The van der Waals surface area contributed by atoms with Crippen LogP contribution in [0.1, 0.15) is 0 Å². The Morgan fingerprint density at radius 3 is 1.32 bits per heavy atom. The quantitative estimate of drug-likeness (QED) is 0.347. The van der Waals surface area contributed by atoms with E-state index in [1.165, 1.54) is 0 Å². The number of hydrogen-bond donors (Lipinski definition) is 2. The largest absolute Gasteiger partial charge is 0.458 e. The molecule has 0 amide bonds. The smallest absolute Gasteiger partial charge is 0.382 e. The van der Waals surface area contributed by atoms with Gasteiger partial charge in [0.05, 0.1) is 0 Å². The van der Waals surface area contributed by atoms with E-state index in [1.807, 2.05) is 0 Å². The highest BCUT2D eigenvalue weighted by Gasteiger charge is 3.03. The second-order valence-electron chi connectivity index (χ2n) is 5.06. The van der Waals surface area contributed by atoms with Gasteiger partial charge in [0.1, 0.15) is 0 Å². The van der Waals surface area contributed by atoms with Crippen molar-refractivity contribution < 1.29 is 75.3 Å². The summed E-state index contributed by atoms with van der Waals surface area (Å²) >= 11 is 0. The molecule has 1 saturated carbocycles. The molecule has 1 fully saturated rings. The minimum absolute atomic E-state index is 1.66. The summed E-state index contributed by atoms with van der Waals surface area (Å²) < 4.78 is 196. The van der Waals surface area contributed by atoms with Crippen molar-refractivity contribution >= 4 is 5.84 Å². The number of hydrogen-bond acceptors (Lipinski definition) is 3. The monoisotopic (exact) mass is 456 g/mol. The molecule has 0 aromatic carbocycles. The van der Waals surface area contributed by atoms with E-state index in [2.05, 4.69) is 5.73 Å². The van der Waals surface area contributed by atoms with Crippen LogP contribution in [0.15, 0.2) is 0 Å². The number of alkyl halides is 15. The number of halogens is 15. The number of ether oxygens (including phenoxy) is 2. The van der Waals surface area contributed by atoms with Crippen LogP contribution in [0, 0.1) is 5.41 Å². The lowest BCUT2D eigenvalue weighted by molar-refractivity contribution is -0.526. The Morgan fingerprint density at radius 1 is 0.714 bits per heavy atom. The fraction of sp³-hybridized carbons (Fsp3) is 0.889. The predicted octanol–water partition coefficient (Wildman–Crippen LogP) is 3.95. The SMILES string of the molecule is N=C(N)C(F)(F)C(F)(F)OC(F)(C(F)(F)F)C(F)(F)OC1(F)C(F)(F)C1(F)F. The molecule has 1 aliphatic rings. The van der Waals surface area contributed by atoms with Crippen LogP contribution >= 0.6 is 0 Å². The van der Waals surface area contributed by atoms with Gasteiger partial charge in [0.15, 0.2) is 5.84 Å². The molecule has 0 saturated heterocycles. The molecular weight excluding hydrogens is 453 g/mol. The van der Waals surface area contributed by atoms with E-state index in [4.69, 9.17) is 5.41 Å². The second-order valence-corrected chi connectivity index (χ2v) is 5.06. The zero-order valence-electron chi connectivity index (χ0n) is 12.1. The summed E-state index contributed by atoms with van der Waals surface area (Å²) in [5, 5.41) is 6.02. The van der Waals surface area contributed by atoms with Crippen LogP contribution in [0.4, 0.5) is 65.9 Å². The molecule has 0 aromatic rings. The van der Waals surface area contributed by atoms with Crippen LogP contribution in [-0.4, -0.2) is 53.7 Å². The molecule has 0 aliphatic heterocycles. The van der Waals surface area contributed by atoms with Crippen LogP contribution < -0.4 is 5.73 Å². The summed E-state index contributed by atoms with van der Waals surface area (Å²) in [6.07, 6.45) is -22.2. The minimum atomic E-state index is -7.60. The molecule has 1 rings (SSSR count). The topological polar surface area (TPSA) is 68.3 Å². The molecule has 1 aliphatic carbocycles. The Labute approximate surface area is 141 Å². The maximum Gasteiger partial charge on any atom is 0.458 e. The summed E-state index contributed by atoms with van der Waals surface area (Å²) in [5.74, 6) is -36.0. The molecule has 0 heterocycles. The Bertz CT molecular complexity index is 644. The fourth-order valence-electron chi connectivity index (χ4n) is 1.41. The van der Waals surface area contributed by atoms with Gasteiger partial charge in [0, 0.05) is 0 Å². The number of amidine groups is 1. The van der Waals surface area contributed by atoms with Crippen molar-refractivity contribution in [3.8, 4) is 0 Å². The maximum atomic E-state index is 13.6. The molecule has 28 heavy (non-hydrogen) atoms. The predicted molar refractivity (Wildman–Crippen MR) is 52.6 cm³/mol. The molecule has 1 atom stereocenters. The van der Waals surface area contributed by atoms with Gasteiger partial charge in [0.2, 0.25) is 0 Å². The van der Waals surface area contributed by atoms with E-state index in [1.54, 1.807) is 9.47 Å². The Morgan fingerprint density at radius 2 is 1.07 bits per heavy atom. The maximum absolute atomic E-state index is 13.6. The van der Waals surface area contributed by atoms with Gasteiger partial charge in [-0.15, -0.1) is 0 Å². The first kappa shape index (κ1) is 24.4. The molecule has 0 radical (unpaired) electrons. The average molecular weight is 456 g/mol. The normalized spacial score (nSPS) is 23.8. The molecular formula is C9H3F15N2O2. The molecule has 4 nitrogen and oxygen atoms in total. The van der Waals surface area contributed by atoms with E-state index in [0.717, 1.165) is 0 Å². The highest BCUT2D eigenvalue weighted by molar-refractivity contribution is 5.85. The van der Waals surface area contributed by atoms with Crippen molar-refractivity contribution in [3.63, 3.8) is 0 Å². The molecule has 3 N–H and O–H groups in total. The van der Waals surface area contributed by atoms with Gasteiger partial charge in [-0.1, -0.05) is 0 Å². The third-order valence-electron chi connectivity index (χ3n) is 3.12. The van der Waals surface area contributed by atoms with Crippen molar-refractivity contribution in [1.82, 2.24) is 0 Å². The van der Waals surface area contributed by atoms with Crippen molar-refractivity contribution in [2.75, 3.05) is 0 Å². The van der Waals surface area contributed by atoms with Gasteiger partial charge in [-0.25, -0.2) is 0 Å². The molecule has 0 bridgehead atoms. The third kappa shape index (κ3) is 2.84. The number of nitrogens with one attached hydrogen (secondary N) is 1. The van der Waals surface area contributed by atoms with Crippen molar-refractivity contribution in [3.05, 3.63) is 0 Å². The van der Waals surface area contributed by atoms with Gasteiger partial charge in [-0.2, -0.15) is 65.9 Å². The lowest BCUT2D eigenvalue weighted by atomic mass is 10.2. The van der Waals surface area contributed by atoms with Crippen LogP contribution in [0.2, 0.25) is 0 Å². The lowest BCUT2D eigenvalue weighted by Gasteiger charge is -2.37. The fourth-order valence-corrected chi connectivity index (χ4v) is 1.41. The van der Waals surface area contributed by atoms with Gasteiger partial charge in [-0.05, 0) is 0 Å². The summed E-state index contributed by atoms with van der Waals surface area (Å²) in [7, 11) is 0. The van der Waals surface area contributed by atoms with E-state index < -0.39 is 53.7 Å². The first-order valence-electron chi connectivity index (χ1n) is 5.94. The summed E-state index contributed by atoms with van der Waals surface area (Å²) in [6.45, 7) is 0. The van der Waals surface area contributed by atoms with E-state index in [9.17, 15) is 65.9 Å². The van der Waals surface area contributed by atoms with Crippen molar-refractivity contribution in [2.45, 2.75) is 47.9 Å². The number of rotatable bonds is 7. The molecule has 1 unspecified atom stereocenters. The molecule has 19 heteroatoms. The van der Waals surface area contributed by atoms with Crippen LogP contribution in [0.3, 0.4) is 0 Å². The van der Waals surface area contributed by atoms with Gasteiger partial charge < -0.3 is 5.73 Å². The van der Waals surface area contributed by atoms with Crippen LogP contribution in [0.25, 0.3) is 0 Å². The van der Waals surface area contributed by atoms with Gasteiger partial charge in [-0.3, -0.25) is 14.9 Å². The number of nitrogens with two attached hydrogens (primary N) is 1. The summed E-state index contributed by atoms with van der Waals surface area (Å²) in [5.41, 5.74) is 3.87. The average Bonchev–Trinajstić information content (AvgIpc) is 2.72. The van der Waals surface area contributed by atoms with Crippen molar-refractivity contribution in [2.24, 2.45) is 5.73 Å². The van der Waals surface area contributed by atoms with Crippen LogP contribution in [-0.2, 0) is 9.47 Å². The Hall–Kier alpha value is -1.66. The lowest BCUT2D eigenvalue weighted by Crippen LogP contribution is -2.65. The standard InChI is InChI=1S/C9H3F15N2O2/c10-2(11,1(25)26)8(21,22)28-6(17,7(18,19)20)9(23,24)27-5(16)3(12,13)4(5,14)15/h(H3,25,26). The molecule has 166 valence electrons. The minimum Gasteiger partial charge on any atom is -0.382 e. The highest BCUT2D eigenvalue weighted by Crippen LogP contribution is 2.71. The molecule has 0 aromatic heterocycles. The summed E-state index contributed by atoms with van der Waals surface area (Å²) in [4.78, 5) is 0. The second kappa shape index (κ2) is 5.70. The summed E-state index contributed by atoms with van der Waals surface area (Å²) in [6, 6.07) is 0. The van der Waals surface area contributed by atoms with Crippen LogP contribution in [0.5, 0.6) is 0 Å². The van der Waals surface area contributed by atoms with Gasteiger partial charge >= 0.3 is 47.9 Å². The third-order valence-corrected chi connectivity index (χ3v) is 3.12. The van der Waals surface area contributed by atoms with E-state index in [-0.39, 0.29) is 0 Å². The Balaban J connectivity index is 3.44. The zero-order chi connectivity index (χ0) is 23.0. The first-order valence-corrected chi connectivity index (χ1v) is 5.94. The zero-order valence-corrected chi connectivity index (χ0v) is 12.1. The van der Waals surface area contributed by atoms with E-state index >= 15 is 0 Å². The molecule has 0 spiro atoms. The Kier molecular flexibility index (Phi) is 4.96. The van der Waals surface area contributed by atoms with Gasteiger partial charge in [0.25, 0.3) is 0 Å². The highest BCUT2D eigenvalue weighted by atomic mass is 19.4.